The van der Waals surface area contributed by atoms with Crippen LogP contribution in [0.4, 0.5) is 9.18 Å². The van der Waals surface area contributed by atoms with Crippen molar-refractivity contribution in [3.63, 3.8) is 0 Å². The molecule has 12 heteroatoms. The summed E-state index contributed by atoms with van der Waals surface area (Å²) >= 11 is 0. The van der Waals surface area contributed by atoms with Crippen LogP contribution in [0.2, 0.25) is 0 Å². The van der Waals surface area contributed by atoms with Gasteiger partial charge in [0.1, 0.15) is 0 Å². The molecule has 0 saturated heterocycles. The molecule has 0 heterocycles. The molecule has 22 heavy (non-hydrogen) atoms. The molecule has 0 bridgehead atoms. The summed E-state index contributed by atoms with van der Waals surface area (Å²) in [5.74, 6) is 0. The molecule has 0 aromatic rings. The Morgan fingerprint density at radius 1 is 0.955 bits per heavy atom. The Kier molecular flexibility index (Phi) is 65.4. The van der Waals surface area contributed by atoms with E-state index in [-0.39, 0.29) is 96.5 Å². The van der Waals surface area contributed by atoms with Gasteiger partial charge in [-0.2, -0.15) is 0 Å². The summed E-state index contributed by atoms with van der Waals surface area (Å²) in [6.45, 7) is 9.92. The molecule has 128 valence electrons. The summed E-state index contributed by atoms with van der Waals surface area (Å²) in [5.41, 5.74) is 0. The van der Waals surface area contributed by atoms with E-state index in [0.29, 0.717) is 6.79 Å². The summed E-state index contributed by atoms with van der Waals surface area (Å²) in [4.78, 5) is 18.8. The van der Waals surface area contributed by atoms with Gasteiger partial charge in [0.15, 0.2) is 0 Å². The van der Waals surface area contributed by atoms with E-state index in [1.54, 1.807) is 13.8 Å². The molecule has 0 radical (unpaired) electrons. The number of rotatable bonds is 7. The number of carbonyl (C=O) groups excluding carboxylic acids is 2. The van der Waals surface area contributed by atoms with Crippen molar-refractivity contribution in [3.05, 3.63) is 13.6 Å². The van der Waals surface area contributed by atoms with Crippen molar-refractivity contribution >= 4 is 12.7 Å². The Labute approximate surface area is 182 Å². The molecule has 0 rings (SSSR count). The molecule has 0 aliphatic rings. The molecular formula is C10H16FO6RfW4-3. The average Bonchev–Trinajstić information content (AvgIpc) is 2.17. The second kappa shape index (κ2) is 33.2. The van der Waals surface area contributed by atoms with Crippen molar-refractivity contribution in [1.82, 2.24) is 0 Å². The summed E-state index contributed by atoms with van der Waals surface area (Å²) in [6, 6.07) is 0. The van der Waals surface area contributed by atoms with E-state index in [2.05, 4.69) is 18.9 Å². The van der Waals surface area contributed by atoms with Crippen molar-refractivity contribution in [3.8, 4) is 0 Å². The van der Waals surface area contributed by atoms with Crippen LogP contribution in [0.3, 0.4) is 0 Å². The van der Waals surface area contributed by atoms with Gasteiger partial charge in [-0.3, -0.25) is 0 Å². The average molecular weight is 1250 g/mol. The maximum absolute atomic E-state index is 11.2. The fourth-order valence-electron chi connectivity index (χ4n) is 0.335. The SMILES string of the molecule is CC(C)O[CH-]OC(=O)F.CC(C)O[CH-]O[C-]=O.[Rf].[W].[W].[W].[W]. The molecule has 0 N–H and O–H groups in total. The standard InChI is InChI=1S/C5H8FO3.C5H8O3.Rf.4W/c1-4(2)8-3-9-5(6)7;1-5(2)8-4-7-3-6;;;;;/h3-4H,1-2H3;4-5H,1-2H3;;;;;/q-1;-2;;;;;. The van der Waals surface area contributed by atoms with Crippen molar-refractivity contribution in [1.29, 1.82) is 0 Å². The predicted octanol–water partition coefficient (Wildman–Crippen LogP) is 2.24. The van der Waals surface area contributed by atoms with Crippen molar-refractivity contribution in [2.45, 2.75) is 39.9 Å². The molecule has 0 aromatic carbocycles. The third-order valence-electron chi connectivity index (χ3n) is 0.892. The van der Waals surface area contributed by atoms with E-state index >= 15 is 0 Å². The monoisotopic (exact) mass is 1250 g/mol. The van der Waals surface area contributed by atoms with Crippen LogP contribution in [0.25, 0.3) is 0 Å². The molecule has 0 aliphatic carbocycles. The van der Waals surface area contributed by atoms with Crippen molar-refractivity contribution < 1.29 is 117 Å². The van der Waals surface area contributed by atoms with Crippen LogP contribution < -0.4 is 0 Å². The molecule has 0 aromatic heterocycles. The predicted molar refractivity (Wildman–Crippen MR) is 55.4 cm³/mol. The molecule has 0 unspecified atom stereocenters. The van der Waals surface area contributed by atoms with Gasteiger partial charge >= 0.3 is 6.22 Å². The topological polar surface area (TPSA) is 71.1 Å². The van der Waals surface area contributed by atoms with E-state index in [1.807, 2.05) is 13.8 Å². The van der Waals surface area contributed by atoms with E-state index in [9.17, 15) is 14.0 Å². The molecule has 0 amide bonds. The zero-order valence-electron chi connectivity index (χ0n) is 12.5. The molecule has 0 spiro atoms. The van der Waals surface area contributed by atoms with Crippen LogP contribution in [0, 0.1) is 13.6 Å². The zero-order chi connectivity index (χ0) is 13.7. The second-order valence-electron chi connectivity index (χ2n) is 3.12. The first-order valence-electron chi connectivity index (χ1n) is 4.73. The Balaban J connectivity index is -0.0000000335. The first-order chi connectivity index (χ1) is 7.90. The summed E-state index contributed by atoms with van der Waals surface area (Å²) in [5, 5.41) is 0. The molecule has 0 aliphatic heterocycles. The van der Waals surface area contributed by atoms with Crippen molar-refractivity contribution in [2.24, 2.45) is 0 Å². The van der Waals surface area contributed by atoms with Gasteiger partial charge in [-0.1, -0.05) is 6.79 Å². The van der Waals surface area contributed by atoms with E-state index in [4.69, 9.17) is 0 Å². The molecule has 0 saturated carbocycles. The van der Waals surface area contributed by atoms with Gasteiger partial charge in [0, 0.05) is 96.5 Å². The van der Waals surface area contributed by atoms with Gasteiger partial charge in [-0.25, -0.2) is 4.79 Å². The Bertz CT molecular complexity index is 216. The smallest absolute Gasteiger partial charge is 0.465 e. The maximum Gasteiger partial charge on any atom is 0.465 e. The number of hydrogen-bond acceptors (Lipinski definition) is 6. The zero-order valence-corrected chi connectivity index (χ0v) is 30.6. The van der Waals surface area contributed by atoms with Crippen LogP contribution >= 0.6 is 0 Å². The Hall–Kier alpha value is 0.543. The number of carbonyl (C=O) groups is 1. The minimum atomic E-state index is -1.87. The van der Waals surface area contributed by atoms with Gasteiger partial charge in [-0.15, -0.1) is 10.9 Å². The normalized spacial score (nSPS) is 7.41. The number of halogens is 1. The van der Waals surface area contributed by atoms with Crippen LogP contribution in [-0.4, -0.2) is 24.9 Å². The minimum absolute atomic E-state index is 0. The molecular weight excluding hydrogens is 1240 g/mol. The van der Waals surface area contributed by atoms with Gasteiger partial charge in [0.05, 0.1) is 0 Å². The number of ether oxygens (including phenoxy) is 4. The first kappa shape index (κ1) is 43.3. The summed E-state index contributed by atoms with van der Waals surface area (Å²) in [7, 11) is 0. The molecule has 0 atom stereocenters. The maximum atomic E-state index is 11.2. The van der Waals surface area contributed by atoms with E-state index < -0.39 is 6.22 Å². The third-order valence-corrected chi connectivity index (χ3v) is 0.892. The van der Waals surface area contributed by atoms with E-state index in [0.717, 1.165) is 6.79 Å². The Morgan fingerprint density at radius 2 is 1.32 bits per heavy atom. The first-order valence-corrected chi connectivity index (χ1v) is 4.73. The summed E-state index contributed by atoms with van der Waals surface area (Å²) in [6.07, 6.45) is -1.93. The minimum Gasteiger partial charge on any atom is -0.796 e. The largest absolute Gasteiger partial charge is 0.796 e. The van der Waals surface area contributed by atoms with Gasteiger partial charge in [0.2, 0.25) is 0 Å². The molecule has 6 nitrogen and oxygen atoms in total. The molecule has 0 fully saturated rings. The Morgan fingerprint density at radius 3 is 1.59 bits per heavy atom. The van der Waals surface area contributed by atoms with Gasteiger partial charge in [-0.05, 0) is 34.5 Å². The van der Waals surface area contributed by atoms with Crippen LogP contribution in [0.15, 0.2) is 0 Å². The van der Waals surface area contributed by atoms with Crippen LogP contribution in [-0.2, 0) is 108 Å². The van der Waals surface area contributed by atoms with E-state index in [1.165, 1.54) is 6.47 Å². The third kappa shape index (κ3) is 58.9. The second-order valence-corrected chi connectivity index (χ2v) is 3.12. The quantitative estimate of drug-likeness (QED) is 0.222. The fourth-order valence-corrected chi connectivity index (χ4v) is 0.335. The van der Waals surface area contributed by atoms with Crippen LogP contribution in [0.5, 0.6) is 0 Å². The fraction of sp³-hybridized carbons (Fsp3) is 0.600. The van der Waals surface area contributed by atoms with Gasteiger partial charge < -0.3 is 23.7 Å². The van der Waals surface area contributed by atoms with Gasteiger partial charge in [0.25, 0.3) is 0 Å². The summed E-state index contributed by atoms with van der Waals surface area (Å²) < 4.78 is 28.1. The number of hydrogen-bond donors (Lipinski definition) is 0. The van der Waals surface area contributed by atoms with Crippen LogP contribution in [0.1, 0.15) is 27.7 Å². The van der Waals surface area contributed by atoms with Crippen molar-refractivity contribution in [2.75, 3.05) is 0 Å².